The number of anilines is 1. The molecule has 2 fully saturated rings. The standard InChI is InChI=1S/C19H21N3O3/c23-22(24)16-8-9-18(21-19(16)14-4-2-1-3-5-14)20-15-10-11-25-17(12-15)13-6-7-13/h1-5,8-9,13,15,17H,6-7,10-12H2,(H,20,21). The highest BCUT2D eigenvalue weighted by Crippen LogP contribution is 2.38. The fraction of sp³-hybridized carbons (Fsp3) is 0.421. The summed E-state index contributed by atoms with van der Waals surface area (Å²) in [5, 5.41) is 14.8. The van der Waals surface area contributed by atoms with E-state index in [1.54, 1.807) is 6.07 Å². The lowest BCUT2D eigenvalue weighted by molar-refractivity contribution is -0.384. The molecule has 1 saturated heterocycles. The fourth-order valence-corrected chi connectivity index (χ4v) is 3.45. The van der Waals surface area contributed by atoms with Crippen molar-refractivity contribution in [1.29, 1.82) is 0 Å². The van der Waals surface area contributed by atoms with Crippen LogP contribution in [0.2, 0.25) is 0 Å². The number of rotatable bonds is 5. The average molecular weight is 339 g/mol. The summed E-state index contributed by atoms with van der Waals surface area (Å²) >= 11 is 0. The third-order valence-corrected chi connectivity index (χ3v) is 4.93. The first kappa shape index (κ1) is 16.0. The number of aromatic nitrogens is 1. The van der Waals surface area contributed by atoms with E-state index in [-0.39, 0.29) is 10.6 Å². The molecular weight excluding hydrogens is 318 g/mol. The van der Waals surface area contributed by atoms with Crippen LogP contribution < -0.4 is 5.32 Å². The van der Waals surface area contributed by atoms with Crippen molar-refractivity contribution in [1.82, 2.24) is 4.98 Å². The molecular formula is C19H21N3O3. The maximum absolute atomic E-state index is 11.3. The largest absolute Gasteiger partial charge is 0.378 e. The predicted octanol–water partition coefficient (Wildman–Crippen LogP) is 4.03. The molecule has 0 radical (unpaired) electrons. The molecule has 2 atom stereocenters. The molecule has 0 bridgehead atoms. The van der Waals surface area contributed by atoms with Crippen LogP contribution in [-0.4, -0.2) is 28.7 Å². The van der Waals surface area contributed by atoms with E-state index < -0.39 is 0 Å². The Hall–Kier alpha value is -2.47. The van der Waals surface area contributed by atoms with Gasteiger partial charge in [0.15, 0.2) is 5.69 Å². The number of hydrogen-bond donors (Lipinski definition) is 1. The summed E-state index contributed by atoms with van der Waals surface area (Å²) in [6, 6.07) is 12.8. The third kappa shape index (κ3) is 3.64. The molecule has 130 valence electrons. The second kappa shape index (κ2) is 6.80. The summed E-state index contributed by atoms with van der Waals surface area (Å²) in [4.78, 5) is 15.5. The van der Waals surface area contributed by atoms with Crippen LogP contribution >= 0.6 is 0 Å². The number of nitrogens with one attached hydrogen (secondary N) is 1. The first-order valence-electron chi connectivity index (χ1n) is 8.79. The zero-order chi connectivity index (χ0) is 17.2. The van der Waals surface area contributed by atoms with Crippen molar-refractivity contribution >= 4 is 11.5 Å². The van der Waals surface area contributed by atoms with E-state index >= 15 is 0 Å². The van der Waals surface area contributed by atoms with Crippen molar-refractivity contribution in [2.75, 3.05) is 11.9 Å². The van der Waals surface area contributed by atoms with Gasteiger partial charge in [0.1, 0.15) is 5.82 Å². The van der Waals surface area contributed by atoms with Gasteiger partial charge in [0.25, 0.3) is 5.69 Å². The van der Waals surface area contributed by atoms with Crippen LogP contribution in [0, 0.1) is 16.0 Å². The van der Waals surface area contributed by atoms with Crippen LogP contribution in [0.25, 0.3) is 11.3 Å². The van der Waals surface area contributed by atoms with Crippen molar-refractivity contribution in [3.63, 3.8) is 0 Å². The molecule has 1 aliphatic heterocycles. The summed E-state index contributed by atoms with van der Waals surface area (Å²) in [5.41, 5.74) is 1.18. The number of benzene rings is 1. The molecule has 1 aromatic heterocycles. The minimum atomic E-state index is -0.378. The SMILES string of the molecule is O=[N+]([O-])c1ccc(NC2CCOC(C3CC3)C2)nc1-c1ccccc1. The van der Waals surface area contributed by atoms with E-state index in [9.17, 15) is 10.1 Å². The van der Waals surface area contributed by atoms with Crippen molar-refractivity contribution in [3.05, 3.63) is 52.6 Å². The molecule has 6 heteroatoms. The lowest BCUT2D eigenvalue weighted by Crippen LogP contribution is -2.35. The van der Waals surface area contributed by atoms with Crippen LogP contribution in [0.3, 0.4) is 0 Å². The summed E-state index contributed by atoms with van der Waals surface area (Å²) in [7, 11) is 0. The zero-order valence-corrected chi connectivity index (χ0v) is 13.9. The van der Waals surface area contributed by atoms with E-state index in [0.717, 1.165) is 25.0 Å². The first-order valence-corrected chi connectivity index (χ1v) is 8.79. The van der Waals surface area contributed by atoms with E-state index in [2.05, 4.69) is 10.3 Å². The van der Waals surface area contributed by atoms with Gasteiger partial charge in [0, 0.05) is 24.3 Å². The smallest absolute Gasteiger partial charge is 0.295 e. The quantitative estimate of drug-likeness (QED) is 0.657. The van der Waals surface area contributed by atoms with Crippen LogP contribution in [-0.2, 0) is 4.74 Å². The van der Waals surface area contributed by atoms with Crippen molar-refractivity contribution in [3.8, 4) is 11.3 Å². The third-order valence-electron chi connectivity index (χ3n) is 4.93. The second-order valence-electron chi connectivity index (χ2n) is 6.80. The molecule has 0 amide bonds. The monoisotopic (exact) mass is 339 g/mol. The minimum Gasteiger partial charge on any atom is -0.378 e. The molecule has 1 aromatic carbocycles. The number of pyridine rings is 1. The van der Waals surface area contributed by atoms with Gasteiger partial charge in [-0.05, 0) is 37.7 Å². The maximum atomic E-state index is 11.3. The highest BCUT2D eigenvalue weighted by molar-refractivity contribution is 5.71. The average Bonchev–Trinajstić information content (AvgIpc) is 3.48. The molecule has 1 N–H and O–H groups in total. The topological polar surface area (TPSA) is 77.3 Å². The van der Waals surface area contributed by atoms with Gasteiger partial charge < -0.3 is 10.1 Å². The van der Waals surface area contributed by atoms with Crippen LogP contribution in [0.5, 0.6) is 0 Å². The van der Waals surface area contributed by atoms with Crippen molar-refractivity contribution in [2.24, 2.45) is 5.92 Å². The molecule has 6 nitrogen and oxygen atoms in total. The highest BCUT2D eigenvalue weighted by Gasteiger charge is 2.36. The summed E-state index contributed by atoms with van der Waals surface area (Å²) in [5.74, 6) is 1.40. The molecule has 2 aromatic rings. The predicted molar refractivity (Wildman–Crippen MR) is 95.4 cm³/mol. The Balaban J connectivity index is 1.57. The second-order valence-corrected chi connectivity index (χ2v) is 6.80. The highest BCUT2D eigenvalue weighted by atomic mass is 16.6. The number of hydrogen-bond acceptors (Lipinski definition) is 5. The molecule has 0 spiro atoms. The minimum absolute atomic E-state index is 0.0274. The summed E-state index contributed by atoms with van der Waals surface area (Å²) in [6.07, 6.45) is 4.79. The lowest BCUT2D eigenvalue weighted by Gasteiger charge is -2.30. The van der Waals surface area contributed by atoms with Gasteiger partial charge in [-0.25, -0.2) is 4.98 Å². The molecule has 2 unspecified atom stereocenters. The number of nitro groups is 1. The molecule has 1 aliphatic carbocycles. The maximum Gasteiger partial charge on any atom is 0.295 e. The van der Waals surface area contributed by atoms with Crippen molar-refractivity contribution < 1.29 is 9.66 Å². The van der Waals surface area contributed by atoms with E-state index in [4.69, 9.17) is 4.74 Å². The van der Waals surface area contributed by atoms with Gasteiger partial charge >= 0.3 is 0 Å². The first-order chi connectivity index (χ1) is 12.2. The van der Waals surface area contributed by atoms with Gasteiger partial charge in [0.05, 0.1) is 11.0 Å². The van der Waals surface area contributed by atoms with Gasteiger partial charge in [-0.15, -0.1) is 0 Å². The Bertz CT molecular complexity index is 762. The molecule has 2 heterocycles. The molecule has 25 heavy (non-hydrogen) atoms. The Morgan fingerprint density at radius 3 is 2.64 bits per heavy atom. The Morgan fingerprint density at radius 1 is 1.12 bits per heavy atom. The van der Waals surface area contributed by atoms with Gasteiger partial charge in [0.2, 0.25) is 0 Å². The Morgan fingerprint density at radius 2 is 1.92 bits per heavy atom. The fourth-order valence-electron chi connectivity index (χ4n) is 3.45. The van der Waals surface area contributed by atoms with Crippen molar-refractivity contribution in [2.45, 2.75) is 37.8 Å². The van der Waals surface area contributed by atoms with E-state index in [1.807, 2.05) is 30.3 Å². The zero-order valence-electron chi connectivity index (χ0n) is 13.9. The number of ether oxygens (including phenoxy) is 1. The molecule has 4 rings (SSSR count). The van der Waals surface area contributed by atoms with Gasteiger partial charge in [-0.1, -0.05) is 30.3 Å². The van der Waals surface area contributed by atoms with Gasteiger partial charge in [-0.2, -0.15) is 0 Å². The van der Waals surface area contributed by atoms with Gasteiger partial charge in [-0.3, -0.25) is 10.1 Å². The Labute approximate surface area is 146 Å². The lowest BCUT2D eigenvalue weighted by atomic mass is 10.00. The van der Waals surface area contributed by atoms with E-state index in [0.29, 0.717) is 29.6 Å². The molecule has 1 saturated carbocycles. The summed E-state index contributed by atoms with van der Waals surface area (Å²) in [6.45, 7) is 0.761. The normalized spacial score (nSPS) is 23.2. The number of nitrogens with zero attached hydrogens (tertiary/aromatic N) is 2. The van der Waals surface area contributed by atoms with Crippen LogP contribution in [0.15, 0.2) is 42.5 Å². The van der Waals surface area contributed by atoms with Crippen LogP contribution in [0.4, 0.5) is 11.5 Å². The Kier molecular flexibility index (Phi) is 4.36. The van der Waals surface area contributed by atoms with Crippen LogP contribution in [0.1, 0.15) is 25.7 Å². The summed E-state index contributed by atoms with van der Waals surface area (Å²) < 4.78 is 5.86. The molecule has 2 aliphatic rings. The van der Waals surface area contributed by atoms with E-state index in [1.165, 1.54) is 18.9 Å².